The highest BCUT2D eigenvalue weighted by Crippen LogP contribution is 2.37. The summed E-state index contributed by atoms with van der Waals surface area (Å²) >= 11 is 0. The zero-order valence-corrected chi connectivity index (χ0v) is 13.4. The van der Waals surface area contributed by atoms with Gasteiger partial charge >= 0.3 is 0 Å². The van der Waals surface area contributed by atoms with Crippen LogP contribution in [-0.2, 0) is 0 Å². The molecular weight excluding hydrogens is 240 g/mol. The van der Waals surface area contributed by atoms with E-state index < -0.39 is 0 Å². The van der Waals surface area contributed by atoms with Crippen molar-refractivity contribution in [1.82, 2.24) is 0 Å². The Bertz CT molecular complexity index is 244. The highest BCUT2D eigenvalue weighted by atomic mass is 14.3. The molecule has 0 bridgehead atoms. The van der Waals surface area contributed by atoms with Gasteiger partial charge in [0.1, 0.15) is 0 Å². The maximum atomic E-state index is 3.88. The van der Waals surface area contributed by atoms with E-state index in [1.165, 1.54) is 77.0 Å². The zero-order chi connectivity index (χ0) is 14.2. The van der Waals surface area contributed by atoms with Gasteiger partial charge in [-0.3, -0.25) is 0 Å². The molecule has 0 N–H and O–H groups in total. The van der Waals surface area contributed by atoms with Gasteiger partial charge in [-0.05, 0) is 62.2 Å². The molecule has 0 heteroatoms. The number of rotatable bonds is 7. The van der Waals surface area contributed by atoms with Crippen molar-refractivity contribution in [2.45, 2.75) is 77.0 Å². The second-order valence-corrected chi connectivity index (χ2v) is 7.40. The first kappa shape index (κ1) is 15.9. The van der Waals surface area contributed by atoms with Gasteiger partial charge < -0.3 is 0 Å². The molecule has 0 unspecified atom stereocenters. The van der Waals surface area contributed by atoms with E-state index in [2.05, 4.69) is 25.3 Å². The van der Waals surface area contributed by atoms with Crippen molar-refractivity contribution in [1.29, 1.82) is 0 Å². The molecule has 0 saturated heterocycles. The van der Waals surface area contributed by atoms with Gasteiger partial charge in [0.05, 0.1) is 0 Å². The topological polar surface area (TPSA) is 0 Å². The molecular formula is C20H34. The Labute approximate surface area is 126 Å². The third kappa shape index (κ3) is 5.11. The van der Waals surface area contributed by atoms with Crippen LogP contribution in [0.4, 0.5) is 0 Å². The second-order valence-electron chi connectivity index (χ2n) is 7.40. The van der Waals surface area contributed by atoms with E-state index in [0.717, 1.165) is 23.7 Å². The number of hydrogen-bond donors (Lipinski definition) is 0. The first-order chi connectivity index (χ1) is 9.81. The van der Waals surface area contributed by atoms with E-state index in [4.69, 9.17) is 0 Å². The summed E-state index contributed by atoms with van der Waals surface area (Å²) in [6, 6.07) is 0. The molecule has 0 spiro atoms. The van der Waals surface area contributed by atoms with Gasteiger partial charge in [0.2, 0.25) is 0 Å². The Hall–Kier alpha value is -0.520. The molecule has 0 aromatic carbocycles. The quantitative estimate of drug-likeness (QED) is 0.463. The lowest BCUT2D eigenvalue weighted by atomic mass is 9.75. The van der Waals surface area contributed by atoms with Crippen LogP contribution in [0.1, 0.15) is 77.0 Å². The molecule has 0 aromatic rings. The lowest BCUT2D eigenvalue weighted by Crippen LogP contribution is -2.18. The maximum Gasteiger partial charge on any atom is -0.0325 e. The summed E-state index contributed by atoms with van der Waals surface area (Å²) in [5.74, 6) is 4.00. The largest absolute Gasteiger partial charge is 0.103 e. The average Bonchev–Trinajstić information content (AvgIpc) is 2.49. The standard InChI is InChI=1S/C20H34/c1-3-5-17-7-11-19(12-8-17)15-16-20-13-9-18(6-4-2)10-14-20/h3-4,17-20H,1-2,5-16H2. The Kier molecular flexibility index (Phi) is 6.90. The van der Waals surface area contributed by atoms with Crippen molar-refractivity contribution in [3.05, 3.63) is 25.3 Å². The summed E-state index contributed by atoms with van der Waals surface area (Å²) < 4.78 is 0. The zero-order valence-electron chi connectivity index (χ0n) is 13.4. The van der Waals surface area contributed by atoms with Crippen molar-refractivity contribution in [3.63, 3.8) is 0 Å². The Morgan fingerprint density at radius 3 is 1.15 bits per heavy atom. The van der Waals surface area contributed by atoms with E-state index in [1.807, 2.05) is 0 Å². The highest BCUT2D eigenvalue weighted by Gasteiger charge is 2.23. The molecule has 114 valence electrons. The van der Waals surface area contributed by atoms with Crippen LogP contribution < -0.4 is 0 Å². The van der Waals surface area contributed by atoms with Gasteiger partial charge in [-0.1, -0.05) is 50.7 Å². The maximum absolute atomic E-state index is 3.88. The Balaban J connectivity index is 1.57. The lowest BCUT2D eigenvalue weighted by Gasteiger charge is -2.31. The van der Waals surface area contributed by atoms with Gasteiger partial charge in [0.15, 0.2) is 0 Å². The molecule has 2 rings (SSSR count). The van der Waals surface area contributed by atoms with Gasteiger partial charge in [-0.15, -0.1) is 13.2 Å². The molecule has 2 aliphatic carbocycles. The summed E-state index contributed by atoms with van der Waals surface area (Å²) in [6.45, 7) is 7.77. The van der Waals surface area contributed by atoms with Crippen LogP contribution in [0.25, 0.3) is 0 Å². The number of allylic oxidation sites excluding steroid dienone is 2. The Morgan fingerprint density at radius 1 is 0.550 bits per heavy atom. The summed E-state index contributed by atoms with van der Waals surface area (Å²) in [5, 5.41) is 0. The first-order valence-corrected chi connectivity index (χ1v) is 9.03. The van der Waals surface area contributed by atoms with Crippen LogP contribution in [-0.4, -0.2) is 0 Å². The molecule has 0 amide bonds. The van der Waals surface area contributed by atoms with Crippen molar-refractivity contribution < 1.29 is 0 Å². The monoisotopic (exact) mass is 274 g/mol. The van der Waals surface area contributed by atoms with Crippen molar-refractivity contribution in [2.24, 2.45) is 23.7 Å². The second kappa shape index (κ2) is 8.70. The fraction of sp³-hybridized carbons (Fsp3) is 0.800. The Morgan fingerprint density at radius 2 is 0.850 bits per heavy atom. The van der Waals surface area contributed by atoms with E-state index >= 15 is 0 Å². The predicted molar refractivity (Wildman–Crippen MR) is 89.8 cm³/mol. The smallest absolute Gasteiger partial charge is 0.0325 e. The molecule has 2 fully saturated rings. The van der Waals surface area contributed by atoms with Gasteiger partial charge in [-0.25, -0.2) is 0 Å². The van der Waals surface area contributed by atoms with E-state index in [1.54, 1.807) is 0 Å². The highest BCUT2D eigenvalue weighted by molar-refractivity contribution is 4.81. The molecule has 0 heterocycles. The van der Waals surface area contributed by atoms with Crippen molar-refractivity contribution in [2.75, 3.05) is 0 Å². The van der Waals surface area contributed by atoms with Gasteiger partial charge in [-0.2, -0.15) is 0 Å². The normalized spacial score (nSPS) is 34.6. The molecule has 0 aliphatic heterocycles. The fourth-order valence-electron chi connectivity index (χ4n) is 4.45. The van der Waals surface area contributed by atoms with Gasteiger partial charge in [0.25, 0.3) is 0 Å². The van der Waals surface area contributed by atoms with Crippen LogP contribution in [0, 0.1) is 23.7 Å². The minimum absolute atomic E-state index is 0.957. The average molecular weight is 274 g/mol. The van der Waals surface area contributed by atoms with E-state index in [9.17, 15) is 0 Å². The summed E-state index contributed by atoms with van der Waals surface area (Å²) in [6.07, 6.45) is 21.6. The van der Waals surface area contributed by atoms with Crippen LogP contribution in [0.5, 0.6) is 0 Å². The van der Waals surface area contributed by atoms with E-state index in [-0.39, 0.29) is 0 Å². The summed E-state index contributed by atoms with van der Waals surface area (Å²) in [4.78, 5) is 0. The molecule has 20 heavy (non-hydrogen) atoms. The third-order valence-electron chi connectivity index (χ3n) is 5.92. The molecule has 2 aliphatic rings. The summed E-state index contributed by atoms with van der Waals surface area (Å²) in [7, 11) is 0. The molecule has 0 radical (unpaired) electrons. The fourth-order valence-corrected chi connectivity index (χ4v) is 4.45. The minimum atomic E-state index is 0.957. The van der Waals surface area contributed by atoms with Crippen LogP contribution >= 0.6 is 0 Å². The molecule has 0 nitrogen and oxygen atoms in total. The molecule has 0 atom stereocenters. The summed E-state index contributed by atoms with van der Waals surface area (Å²) in [5.41, 5.74) is 0. The van der Waals surface area contributed by atoms with Crippen molar-refractivity contribution >= 4 is 0 Å². The van der Waals surface area contributed by atoms with Crippen LogP contribution in [0.15, 0.2) is 25.3 Å². The van der Waals surface area contributed by atoms with Crippen LogP contribution in [0.3, 0.4) is 0 Å². The lowest BCUT2D eigenvalue weighted by molar-refractivity contribution is 0.218. The predicted octanol–water partition coefficient (Wildman–Crippen LogP) is 6.53. The van der Waals surface area contributed by atoms with Crippen LogP contribution in [0.2, 0.25) is 0 Å². The SMILES string of the molecule is C=CCC1CCC(CCC2CCC(CC=C)CC2)CC1. The number of hydrogen-bond acceptors (Lipinski definition) is 0. The van der Waals surface area contributed by atoms with Gasteiger partial charge in [0, 0.05) is 0 Å². The van der Waals surface area contributed by atoms with Crippen molar-refractivity contribution in [3.8, 4) is 0 Å². The van der Waals surface area contributed by atoms with E-state index in [0.29, 0.717) is 0 Å². The molecule has 0 aromatic heterocycles. The molecule has 2 saturated carbocycles. The minimum Gasteiger partial charge on any atom is -0.103 e. The third-order valence-corrected chi connectivity index (χ3v) is 5.92. The first-order valence-electron chi connectivity index (χ1n) is 9.03.